The molecule has 0 radical (unpaired) electrons. The molecule has 0 aliphatic heterocycles. The van der Waals surface area contributed by atoms with Crippen LogP contribution >= 0.6 is 0 Å². The lowest BCUT2D eigenvalue weighted by molar-refractivity contribution is 0.0955. The predicted molar refractivity (Wildman–Crippen MR) is 109 cm³/mol. The van der Waals surface area contributed by atoms with Crippen LogP contribution in [0.5, 0.6) is 5.75 Å². The van der Waals surface area contributed by atoms with Gasteiger partial charge in [-0.2, -0.15) is 5.10 Å². The number of rotatable bonds is 7. The van der Waals surface area contributed by atoms with E-state index in [1.807, 2.05) is 78.9 Å². The number of ether oxygens (including phenoxy) is 1. The first-order chi connectivity index (χ1) is 13.3. The van der Waals surface area contributed by atoms with Crippen molar-refractivity contribution in [3.05, 3.63) is 108 Å². The number of hydrogen-bond donors (Lipinski definition) is 1. The average Bonchev–Trinajstić information content (AvgIpc) is 2.74. The van der Waals surface area contributed by atoms with Crippen molar-refractivity contribution in [1.29, 1.82) is 0 Å². The van der Waals surface area contributed by atoms with Crippen LogP contribution in [0.3, 0.4) is 0 Å². The monoisotopic (exact) mass is 356 g/mol. The van der Waals surface area contributed by atoms with Gasteiger partial charge in [-0.1, -0.05) is 66.7 Å². The zero-order valence-electron chi connectivity index (χ0n) is 14.8. The van der Waals surface area contributed by atoms with Gasteiger partial charge in [0, 0.05) is 11.8 Å². The molecular weight excluding hydrogens is 336 g/mol. The van der Waals surface area contributed by atoms with Gasteiger partial charge in [-0.3, -0.25) is 4.79 Å². The maximum absolute atomic E-state index is 12.1. The van der Waals surface area contributed by atoms with Crippen LogP contribution in [0.2, 0.25) is 0 Å². The molecule has 3 aromatic rings. The number of nitrogens with zero attached hydrogens (tertiary/aromatic N) is 1. The molecule has 3 rings (SSSR count). The van der Waals surface area contributed by atoms with Crippen molar-refractivity contribution in [3.63, 3.8) is 0 Å². The summed E-state index contributed by atoms with van der Waals surface area (Å²) < 4.78 is 5.69. The lowest BCUT2D eigenvalue weighted by Crippen LogP contribution is -2.17. The van der Waals surface area contributed by atoms with Crippen LogP contribution < -0.4 is 10.2 Å². The zero-order valence-corrected chi connectivity index (χ0v) is 14.8. The van der Waals surface area contributed by atoms with Gasteiger partial charge in [-0.05, 0) is 41.5 Å². The van der Waals surface area contributed by atoms with Crippen LogP contribution in [-0.2, 0) is 6.61 Å². The second kappa shape index (κ2) is 9.73. The van der Waals surface area contributed by atoms with E-state index in [1.54, 1.807) is 24.4 Å². The maximum Gasteiger partial charge on any atom is 0.271 e. The lowest BCUT2D eigenvalue weighted by atomic mass is 10.1. The third-order valence-corrected chi connectivity index (χ3v) is 3.78. The third-order valence-electron chi connectivity index (χ3n) is 3.78. The van der Waals surface area contributed by atoms with E-state index in [2.05, 4.69) is 10.5 Å². The highest BCUT2D eigenvalue weighted by atomic mass is 16.5. The van der Waals surface area contributed by atoms with Gasteiger partial charge >= 0.3 is 0 Å². The van der Waals surface area contributed by atoms with E-state index >= 15 is 0 Å². The highest BCUT2D eigenvalue weighted by Gasteiger charge is 2.04. The Labute approximate surface area is 158 Å². The van der Waals surface area contributed by atoms with Gasteiger partial charge in [-0.15, -0.1) is 0 Å². The molecule has 0 heterocycles. The number of nitrogens with one attached hydrogen (secondary N) is 1. The zero-order chi connectivity index (χ0) is 18.7. The lowest BCUT2D eigenvalue weighted by Gasteiger charge is -2.06. The van der Waals surface area contributed by atoms with Gasteiger partial charge in [0.05, 0.1) is 0 Å². The molecule has 27 heavy (non-hydrogen) atoms. The molecule has 0 spiro atoms. The number of allylic oxidation sites excluding steroid dienone is 1. The van der Waals surface area contributed by atoms with E-state index in [0.717, 1.165) is 16.9 Å². The number of hydrazone groups is 1. The van der Waals surface area contributed by atoms with Gasteiger partial charge in [0.25, 0.3) is 5.91 Å². The molecule has 0 saturated heterocycles. The topological polar surface area (TPSA) is 50.7 Å². The standard InChI is InChI=1S/C23H20N2O2/c26-23(25-24-17-7-10-19-8-3-1-4-9-19)21-15-13-20(14-16-21)18-27-22-11-5-2-6-12-22/h1-17H,18H2,(H,25,26). The molecule has 0 aliphatic rings. The Hall–Kier alpha value is -3.66. The van der Waals surface area contributed by atoms with Gasteiger partial charge in [-0.25, -0.2) is 5.43 Å². The Balaban J connectivity index is 1.47. The normalized spacial score (nSPS) is 11.0. The number of carbonyl (C=O) groups is 1. The van der Waals surface area contributed by atoms with E-state index in [-0.39, 0.29) is 5.91 Å². The van der Waals surface area contributed by atoms with Crippen LogP contribution in [0.4, 0.5) is 0 Å². The SMILES string of the molecule is O=C(NN=CC=Cc1ccccc1)c1ccc(COc2ccccc2)cc1. The highest BCUT2D eigenvalue weighted by Crippen LogP contribution is 2.12. The smallest absolute Gasteiger partial charge is 0.271 e. The van der Waals surface area contributed by atoms with Gasteiger partial charge < -0.3 is 4.74 Å². The Kier molecular flexibility index (Phi) is 6.54. The van der Waals surface area contributed by atoms with Gasteiger partial charge in [0.15, 0.2) is 0 Å². The van der Waals surface area contributed by atoms with Crippen LogP contribution in [0.25, 0.3) is 6.08 Å². The summed E-state index contributed by atoms with van der Waals surface area (Å²) in [5.41, 5.74) is 5.12. The molecule has 1 amide bonds. The summed E-state index contributed by atoms with van der Waals surface area (Å²) in [7, 11) is 0. The van der Waals surface area contributed by atoms with Crippen molar-refractivity contribution in [2.24, 2.45) is 5.10 Å². The molecule has 134 valence electrons. The summed E-state index contributed by atoms with van der Waals surface area (Å²) in [5.74, 6) is 0.562. The van der Waals surface area contributed by atoms with Crippen molar-refractivity contribution in [2.75, 3.05) is 0 Å². The largest absolute Gasteiger partial charge is 0.489 e. The van der Waals surface area contributed by atoms with E-state index < -0.39 is 0 Å². The fourth-order valence-corrected chi connectivity index (χ4v) is 2.36. The fourth-order valence-electron chi connectivity index (χ4n) is 2.36. The molecule has 0 saturated carbocycles. The molecule has 0 bridgehead atoms. The van der Waals surface area contributed by atoms with Crippen LogP contribution in [0, 0.1) is 0 Å². The first-order valence-electron chi connectivity index (χ1n) is 8.63. The van der Waals surface area contributed by atoms with Crippen molar-refractivity contribution in [1.82, 2.24) is 5.43 Å². The second-order valence-electron chi connectivity index (χ2n) is 5.79. The van der Waals surface area contributed by atoms with Crippen LogP contribution in [0.15, 0.2) is 96.1 Å². The van der Waals surface area contributed by atoms with E-state index in [1.165, 1.54) is 0 Å². The van der Waals surface area contributed by atoms with Crippen LogP contribution in [0.1, 0.15) is 21.5 Å². The number of amides is 1. The quantitative estimate of drug-likeness (QED) is 0.493. The number of para-hydroxylation sites is 1. The third kappa shape index (κ3) is 5.97. The van der Waals surface area contributed by atoms with Crippen molar-refractivity contribution in [2.45, 2.75) is 6.61 Å². The fraction of sp³-hybridized carbons (Fsp3) is 0.0435. The Bertz CT molecular complexity index is 902. The second-order valence-corrected chi connectivity index (χ2v) is 5.79. The first-order valence-corrected chi connectivity index (χ1v) is 8.63. The summed E-state index contributed by atoms with van der Waals surface area (Å²) in [6.07, 6.45) is 5.24. The molecule has 0 aliphatic carbocycles. The average molecular weight is 356 g/mol. The summed E-state index contributed by atoms with van der Waals surface area (Å²) >= 11 is 0. The van der Waals surface area contributed by atoms with Crippen molar-refractivity contribution >= 4 is 18.2 Å². The van der Waals surface area contributed by atoms with Crippen molar-refractivity contribution < 1.29 is 9.53 Å². The minimum absolute atomic E-state index is 0.255. The number of benzene rings is 3. The van der Waals surface area contributed by atoms with Crippen LogP contribution in [-0.4, -0.2) is 12.1 Å². The van der Waals surface area contributed by atoms with Crippen molar-refractivity contribution in [3.8, 4) is 5.75 Å². The summed E-state index contributed by atoms with van der Waals surface area (Å²) in [4.78, 5) is 12.1. The molecule has 0 fully saturated rings. The Morgan fingerprint density at radius 1 is 0.889 bits per heavy atom. The minimum atomic E-state index is -0.255. The molecule has 0 atom stereocenters. The first kappa shape index (κ1) is 18.1. The highest BCUT2D eigenvalue weighted by molar-refractivity contribution is 5.94. The molecule has 4 nitrogen and oxygen atoms in total. The molecule has 0 unspecified atom stereocenters. The Morgan fingerprint density at radius 3 is 2.26 bits per heavy atom. The summed E-state index contributed by atoms with van der Waals surface area (Å²) in [5, 5.41) is 3.93. The molecule has 3 aromatic carbocycles. The molecular formula is C23H20N2O2. The van der Waals surface area contributed by atoms with E-state index in [0.29, 0.717) is 12.2 Å². The molecule has 0 aromatic heterocycles. The Morgan fingerprint density at radius 2 is 1.56 bits per heavy atom. The molecule has 1 N–H and O–H groups in total. The maximum atomic E-state index is 12.1. The predicted octanol–water partition coefficient (Wildman–Crippen LogP) is 4.69. The van der Waals surface area contributed by atoms with E-state index in [4.69, 9.17) is 4.74 Å². The minimum Gasteiger partial charge on any atom is -0.489 e. The van der Waals surface area contributed by atoms with Gasteiger partial charge in [0.1, 0.15) is 12.4 Å². The number of hydrogen-bond acceptors (Lipinski definition) is 3. The van der Waals surface area contributed by atoms with E-state index in [9.17, 15) is 4.79 Å². The number of carbonyl (C=O) groups excluding carboxylic acids is 1. The summed E-state index contributed by atoms with van der Waals surface area (Å²) in [6.45, 7) is 0.453. The molecule has 4 heteroatoms. The summed E-state index contributed by atoms with van der Waals surface area (Å²) in [6, 6.07) is 26.8. The van der Waals surface area contributed by atoms with Gasteiger partial charge in [0.2, 0.25) is 0 Å².